The van der Waals surface area contributed by atoms with E-state index in [2.05, 4.69) is 5.32 Å². The lowest BCUT2D eigenvalue weighted by atomic mass is 9.93. The van der Waals surface area contributed by atoms with Crippen LogP contribution in [-0.4, -0.2) is 29.6 Å². The minimum Gasteiger partial charge on any atom is -0.480 e. The van der Waals surface area contributed by atoms with E-state index in [9.17, 15) is 14.7 Å². The minimum absolute atomic E-state index is 0.142. The van der Waals surface area contributed by atoms with E-state index in [1.807, 2.05) is 25.2 Å². The van der Waals surface area contributed by atoms with Crippen molar-refractivity contribution in [3.63, 3.8) is 0 Å². The normalized spacial score (nSPS) is 15.1. The van der Waals surface area contributed by atoms with Crippen LogP contribution in [0.2, 0.25) is 0 Å². The topological polar surface area (TPSA) is 69.6 Å². The first kappa shape index (κ1) is 13.4. The summed E-state index contributed by atoms with van der Waals surface area (Å²) < 4.78 is 0. The van der Waals surface area contributed by atoms with Crippen molar-refractivity contribution >= 4 is 23.3 Å². The van der Waals surface area contributed by atoms with Gasteiger partial charge >= 0.3 is 5.97 Å². The van der Waals surface area contributed by atoms with Crippen molar-refractivity contribution < 1.29 is 14.7 Å². The molecule has 0 saturated carbocycles. The number of hydrogen-bond acceptors (Lipinski definition) is 3. The smallest absolute Gasteiger partial charge is 0.329 e. The summed E-state index contributed by atoms with van der Waals surface area (Å²) in [6.45, 7) is 3.10. The number of carboxylic acid groups (broad SMARTS) is 1. The number of benzene rings is 1. The molecule has 5 nitrogen and oxygen atoms in total. The fourth-order valence-corrected chi connectivity index (χ4v) is 2.36. The second-order valence-electron chi connectivity index (χ2n) is 5.19. The summed E-state index contributed by atoms with van der Waals surface area (Å²) in [5, 5.41) is 12.4. The van der Waals surface area contributed by atoms with Crippen LogP contribution in [0, 0.1) is 0 Å². The van der Waals surface area contributed by atoms with Gasteiger partial charge in [-0.2, -0.15) is 0 Å². The number of hydrogen-bond donors (Lipinski definition) is 2. The number of anilines is 2. The van der Waals surface area contributed by atoms with Gasteiger partial charge in [-0.3, -0.25) is 9.69 Å². The molecule has 0 saturated heterocycles. The Bertz CT molecular complexity index is 537. The van der Waals surface area contributed by atoms with Crippen molar-refractivity contribution in [2.45, 2.75) is 32.2 Å². The zero-order valence-corrected chi connectivity index (χ0v) is 11.4. The van der Waals surface area contributed by atoms with E-state index in [1.165, 1.54) is 4.90 Å². The molecule has 102 valence electrons. The van der Waals surface area contributed by atoms with Crippen molar-refractivity contribution in [1.29, 1.82) is 0 Å². The van der Waals surface area contributed by atoms with Gasteiger partial charge in [0.05, 0.1) is 0 Å². The molecular formula is C14H18N2O3. The lowest BCUT2D eigenvalue weighted by Crippen LogP contribution is -2.55. The van der Waals surface area contributed by atoms with Gasteiger partial charge in [-0.15, -0.1) is 0 Å². The molecule has 0 unspecified atom stereocenters. The van der Waals surface area contributed by atoms with Gasteiger partial charge in [0.25, 0.3) is 0 Å². The molecule has 1 aliphatic heterocycles. The van der Waals surface area contributed by atoms with E-state index in [0.29, 0.717) is 18.5 Å². The van der Waals surface area contributed by atoms with Gasteiger partial charge in [-0.1, -0.05) is 0 Å². The molecule has 0 atom stereocenters. The van der Waals surface area contributed by atoms with Gasteiger partial charge in [0.15, 0.2) is 0 Å². The summed E-state index contributed by atoms with van der Waals surface area (Å²) in [5.41, 5.74) is 1.41. The van der Waals surface area contributed by atoms with Crippen LogP contribution in [0.1, 0.15) is 25.8 Å². The molecular weight excluding hydrogens is 244 g/mol. The minimum atomic E-state index is -1.24. The predicted molar refractivity (Wildman–Crippen MR) is 73.5 cm³/mol. The molecule has 2 N–H and O–H groups in total. The first-order valence-electron chi connectivity index (χ1n) is 6.25. The third-order valence-electron chi connectivity index (χ3n) is 3.55. The zero-order valence-electron chi connectivity index (χ0n) is 11.4. The largest absolute Gasteiger partial charge is 0.480 e. The average Bonchev–Trinajstić information content (AvgIpc) is 2.37. The highest BCUT2D eigenvalue weighted by atomic mass is 16.4. The fourth-order valence-electron chi connectivity index (χ4n) is 2.36. The monoisotopic (exact) mass is 262 g/mol. The second kappa shape index (κ2) is 4.57. The summed E-state index contributed by atoms with van der Waals surface area (Å²) in [6, 6.07) is 5.62. The molecule has 1 amide bonds. The first-order chi connectivity index (χ1) is 8.87. The Labute approximate surface area is 112 Å². The average molecular weight is 262 g/mol. The Kier molecular flexibility index (Phi) is 3.22. The molecule has 0 aliphatic carbocycles. The van der Waals surface area contributed by atoms with Gasteiger partial charge in [-0.25, -0.2) is 4.79 Å². The maximum atomic E-state index is 12.1. The third-order valence-corrected chi connectivity index (χ3v) is 3.55. The molecule has 1 aromatic rings. The number of nitrogens with one attached hydrogen (secondary N) is 1. The van der Waals surface area contributed by atoms with Crippen LogP contribution in [0.25, 0.3) is 0 Å². The molecule has 0 spiro atoms. The number of fused-ring (bicyclic) bond motifs is 1. The number of rotatable bonds is 3. The van der Waals surface area contributed by atoms with Crippen molar-refractivity contribution in [3.05, 3.63) is 23.8 Å². The summed E-state index contributed by atoms with van der Waals surface area (Å²) in [7, 11) is 1.83. The summed E-state index contributed by atoms with van der Waals surface area (Å²) >= 11 is 0. The molecule has 5 heteroatoms. The molecule has 1 heterocycles. The van der Waals surface area contributed by atoms with Gasteiger partial charge in [-0.05, 0) is 44.0 Å². The van der Waals surface area contributed by atoms with Crippen LogP contribution in [-0.2, 0) is 16.0 Å². The second-order valence-corrected chi connectivity index (χ2v) is 5.19. The van der Waals surface area contributed by atoms with Crippen LogP contribution in [0.5, 0.6) is 0 Å². The Morgan fingerprint density at radius 2 is 2.05 bits per heavy atom. The van der Waals surface area contributed by atoms with Crippen molar-refractivity contribution in [2.75, 3.05) is 17.3 Å². The Balaban J connectivity index is 2.53. The van der Waals surface area contributed by atoms with Gasteiger partial charge in [0, 0.05) is 24.8 Å². The van der Waals surface area contributed by atoms with Gasteiger partial charge < -0.3 is 10.4 Å². The number of carboxylic acids is 1. The van der Waals surface area contributed by atoms with Crippen LogP contribution in [0.4, 0.5) is 11.4 Å². The van der Waals surface area contributed by atoms with Crippen molar-refractivity contribution in [2.24, 2.45) is 0 Å². The summed E-state index contributed by atoms with van der Waals surface area (Å²) in [5.74, 6) is -1.15. The molecule has 1 aromatic carbocycles. The highest BCUT2D eigenvalue weighted by Crippen LogP contribution is 2.35. The third kappa shape index (κ3) is 2.16. The maximum absolute atomic E-state index is 12.1. The van der Waals surface area contributed by atoms with Crippen LogP contribution >= 0.6 is 0 Å². The fraction of sp³-hybridized carbons (Fsp3) is 0.429. The van der Waals surface area contributed by atoms with E-state index in [4.69, 9.17) is 0 Å². The molecule has 1 aliphatic rings. The number of carbonyl (C=O) groups excluding carboxylic acids is 1. The van der Waals surface area contributed by atoms with E-state index in [1.54, 1.807) is 13.8 Å². The van der Waals surface area contributed by atoms with Gasteiger partial charge in [0.1, 0.15) is 5.54 Å². The Morgan fingerprint density at radius 3 is 2.63 bits per heavy atom. The highest BCUT2D eigenvalue weighted by molar-refractivity contribution is 6.03. The van der Waals surface area contributed by atoms with E-state index in [-0.39, 0.29) is 5.91 Å². The number of nitrogens with zero attached hydrogens (tertiary/aromatic N) is 1. The van der Waals surface area contributed by atoms with E-state index < -0.39 is 11.5 Å². The Hall–Kier alpha value is -2.04. The van der Waals surface area contributed by atoms with Crippen LogP contribution in [0.15, 0.2) is 18.2 Å². The standard InChI is InChI=1S/C14H18N2O3/c1-14(2,13(18)19)16-11-6-5-10(15-3)8-9(11)4-7-12(16)17/h5-6,8,15H,4,7H2,1-3H3,(H,18,19). The molecule has 2 rings (SSSR count). The van der Waals surface area contributed by atoms with Crippen molar-refractivity contribution in [1.82, 2.24) is 0 Å². The highest BCUT2D eigenvalue weighted by Gasteiger charge is 2.41. The summed E-state index contributed by atoms with van der Waals surface area (Å²) in [6.07, 6.45) is 0.993. The van der Waals surface area contributed by atoms with Crippen LogP contribution in [0.3, 0.4) is 0 Å². The lowest BCUT2D eigenvalue weighted by Gasteiger charge is -2.39. The van der Waals surface area contributed by atoms with Crippen molar-refractivity contribution in [3.8, 4) is 0 Å². The Morgan fingerprint density at radius 1 is 1.37 bits per heavy atom. The molecule has 0 radical (unpaired) electrons. The van der Waals surface area contributed by atoms with Crippen LogP contribution < -0.4 is 10.2 Å². The number of aryl methyl sites for hydroxylation is 1. The first-order valence-corrected chi connectivity index (χ1v) is 6.25. The predicted octanol–water partition coefficient (Wildman–Crippen LogP) is 1.87. The number of aliphatic carboxylic acids is 1. The number of amides is 1. The quantitative estimate of drug-likeness (QED) is 0.872. The molecule has 0 aromatic heterocycles. The number of carbonyl (C=O) groups is 2. The SMILES string of the molecule is CNc1ccc2c(c1)CCC(=O)N2C(C)(C)C(=O)O. The molecule has 0 bridgehead atoms. The van der Waals surface area contributed by atoms with E-state index >= 15 is 0 Å². The van der Waals surface area contributed by atoms with E-state index in [0.717, 1.165) is 11.3 Å². The molecule has 0 fully saturated rings. The molecule has 19 heavy (non-hydrogen) atoms. The zero-order chi connectivity index (χ0) is 14.2. The lowest BCUT2D eigenvalue weighted by molar-refractivity contribution is -0.144. The van der Waals surface area contributed by atoms with Gasteiger partial charge in [0.2, 0.25) is 5.91 Å². The summed E-state index contributed by atoms with van der Waals surface area (Å²) in [4.78, 5) is 24.9. The maximum Gasteiger partial charge on any atom is 0.329 e.